The average molecular weight is 372 g/mol. The van der Waals surface area contributed by atoms with E-state index in [2.05, 4.69) is 6.07 Å². The third-order valence-corrected chi connectivity index (χ3v) is 4.35. The fourth-order valence-electron chi connectivity index (χ4n) is 2.97. The summed E-state index contributed by atoms with van der Waals surface area (Å²) in [4.78, 5) is 11.1. The number of ether oxygens (including phenoxy) is 1. The Labute approximate surface area is 163 Å². The van der Waals surface area contributed by atoms with Crippen molar-refractivity contribution < 1.29 is 14.6 Å². The molecule has 3 N–H and O–H groups in total. The van der Waals surface area contributed by atoms with Gasteiger partial charge in [-0.2, -0.15) is 5.26 Å². The fourth-order valence-corrected chi connectivity index (χ4v) is 2.97. The number of carbonyl (C=O) groups is 1. The summed E-state index contributed by atoms with van der Waals surface area (Å²) in [5, 5.41) is 18.1. The lowest BCUT2D eigenvalue weighted by atomic mass is 10.0. The van der Waals surface area contributed by atoms with E-state index in [9.17, 15) is 4.79 Å². The zero-order valence-corrected chi connectivity index (χ0v) is 15.3. The Hall–Kier alpha value is -3.62. The van der Waals surface area contributed by atoms with Crippen LogP contribution in [0, 0.1) is 11.3 Å². The SMILES string of the molecule is N#Cc1ccc(OCc2cccc(-c3cccc(CN)c3)c2)c(CC(=O)O)c1. The summed E-state index contributed by atoms with van der Waals surface area (Å²) in [6.07, 6.45) is -0.198. The highest BCUT2D eigenvalue weighted by Crippen LogP contribution is 2.25. The number of carboxylic acids is 1. The van der Waals surface area contributed by atoms with Crippen LogP contribution in [0.3, 0.4) is 0 Å². The van der Waals surface area contributed by atoms with Gasteiger partial charge in [0.2, 0.25) is 0 Å². The van der Waals surface area contributed by atoms with E-state index < -0.39 is 5.97 Å². The molecular weight excluding hydrogens is 352 g/mol. The van der Waals surface area contributed by atoms with Crippen molar-refractivity contribution in [3.63, 3.8) is 0 Å². The topological polar surface area (TPSA) is 96.3 Å². The van der Waals surface area contributed by atoms with Crippen molar-refractivity contribution in [3.05, 3.63) is 89.0 Å². The third kappa shape index (κ3) is 4.76. The van der Waals surface area contributed by atoms with Gasteiger partial charge in [0.25, 0.3) is 0 Å². The summed E-state index contributed by atoms with van der Waals surface area (Å²) in [5.41, 5.74) is 10.8. The molecule has 0 saturated heterocycles. The van der Waals surface area contributed by atoms with Crippen LogP contribution in [0.1, 0.15) is 22.3 Å². The number of rotatable bonds is 7. The highest BCUT2D eigenvalue weighted by Gasteiger charge is 2.10. The van der Waals surface area contributed by atoms with Crippen LogP contribution in [0.2, 0.25) is 0 Å². The quantitative estimate of drug-likeness (QED) is 0.656. The van der Waals surface area contributed by atoms with Crippen molar-refractivity contribution in [3.8, 4) is 22.9 Å². The Kier molecular flexibility index (Phi) is 6.05. The van der Waals surface area contributed by atoms with Gasteiger partial charge in [-0.15, -0.1) is 0 Å². The molecule has 0 aliphatic rings. The standard InChI is InChI=1S/C23H20N2O3/c24-13-16-3-1-5-19(9-16)20-6-2-4-18(11-20)15-28-22-8-7-17(14-25)10-21(22)12-23(26)27/h1-11H,12-13,15,24H2,(H,26,27). The number of nitriles is 1. The molecule has 0 bridgehead atoms. The van der Waals surface area contributed by atoms with Gasteiger partial charge in [-0.3, -0.25) is 4.79 Å². The number of aliphatic carboxylic acids is 1. The van der Waals surface area contributed by atoms with Crippen LogP contribution < -0.4 is 10.5 Å². The molecule has 3 aromatic rings. The minimum Gasteiger partial charge on any atom is -0.489 e. The summed E-state index contributed by atoms with van der Waals surface area (Å²) in [7, 11) is 0. The smallest absolute Gasteiger partial charge is 0.307 e. The first-order valence-electron chi connectivity index (χ1n) is 8.85. The summed E-state index contributed by atoms with van der Waals surface area (Å²) >= 11 is 0. The number of nitrogens with two attached hydrogens (primary N) is 1. The van der Waals surface area contributed by atoms with Crippen LogP contribution in [0.15, 0.2) is 66.7 Å². The van der Waals surface area contributed by atoms with Gasteiger partial charge in [-0.25, -0.2) is 0 Å². The van der Waals surface area contributed by atoms with Crippen molar-refractivity contribution in [1.82, 2.24) is 0 Å². The molecule has 0 aliphatic heterocycles. The highest BCUT2D eigenvalue weighted by molar-refractivity contribution is 5.71. The lowest BCUT2D eigenvalue weighted by Crippen LogP contribution is -2.05. The minimum absolute atomic E-state index is 0.198. The Balaban J connectivity index is 1.80. The molecule has 0 saturated carbocycles. The lowest BCUT2D eigenvalue weighted by Gasteiger charge is -2.12. The van der Waals surface area contributed by atoms with E-state index in [1.807, 2.05) is 48.5 Å². The van der Waals surface area contributed by atoms with Gasteiger partial charge in [-0.05, 0) is 52.6 Å². The van der Waals surface area contributed by atoms with E-state index in [0.717, 1.165) is 22.3 Å². The number of nitrogens with zero attached hydrogens (tertiary/aromatic N) is 1. The monoisotopic (exact) mass is 372 g/mol. The van der Waals surface area contributed by atoms with Gasteiger partial charge < -0.3 is 15.6 Å². The van der Waals surface area contributed by atoms with Crippen LogP contribution in [0.25, 0.3) is 11.1 Å². The number of benzene rings is 3. The molecule has 3 aromatic carbocycles. The third-order valence-electron chi connectivity index (χ3n) is 4.35. The van der Waals surface area contributed by atoms with Crippen molar-refractivity contribution in [1.29, 1.82) is 5.26 Å². The molecule has 3 rings (SSSR count). The normalized spacial score (nSPS) is 10.3. The van der Waals surface area contributed by atoms with Crippen molar-refractivity contribution >= 4 is 5.97 Å². The molecule has 0 unspecified atom stereocenters. The van der Waals surface area contributed by atoms with Crippen molar-refractivity contribution in [2.75, 3.05) is 0 Å². The summed E-state index contributed by atoms with van der Waals surface area (Å²) in [5.74, 6) is -0.501. The maximum atomic E-state index is 11.1. The Bertz CT molecular complexity index is 1040. The second kappa shape index (κ2) is 8.85. The fraction of sp³-hybridized carbons (Fsp3) is 0.130. The average Bonchev–Trinajstić information content (AvgIpc) is 2.72. The predicted molar refractivity (Wildman–Crippen MR) is 107 cm³/mol. The second-order valence-electron chi connectivity index (χ2n) is 6.40. The largest absolute Gasteiger partial charge is 0.489 e. The van der Waals surface area contributed by atoms with Gasteiger partial charge in [0.15, 0.2) is 0 Å². The number of carboxylic acid groups (broad SMARTS) is 1. The highest BCUT2D eigenvalue weighted by atomic mass is 16.5. The molecule has 0 heterocycles. The summed E-state index contributed by atoms with van der Waals surface area (Å²) < 4.78 is 5.87. The number of hydrogen-bond donors (Lipinski definition) is 2. The van der Waals surface area contributed by atoms with E-state index in [1.54, 1.807) is 18.2 Å². The molecule has 0 fully saturated rings. The minimum atomic E-state index is -0.971. The first-order chi connectivity index (χ1) is 13.6. The molecule has 0 spiro atoms. The van der Waals surface area contributed by atoms with Gasteiger partial charge in [0.05, 0.1) is 18.1 Å². The molecular formula is C23H20N2O3. The van der Waals surface area contributed by atoms with Crippen molar-refractivity contribution in [2.45, 2.75) is 19.6 Å². The molecule has 0 aromatic heterocycles. The van der Waals surface area contributed by atoms with Gasteiger partial charge in [0.1, 0.15) is 12.4 Å². The van der Waals surface area contributed by atoms with Crippen LogP contribution in [-0.2, 0) is 24.4 Å². The second-order valence-corrected chi connectivity index (χ2v) is 6.40. The van der Waals surface area contributed by atoms with E-state index >= 15 is 0 Å². The Morgan fingerprint density at radius 1 is 1.00 bits per heavy atom. The van der Waals surface area contributed by atoms with E-state index in [1.165, 1.54) is 0 Å². The van der Waals surface area contributed by atoms with Crippen LogP contribution in [0.5, 0.6) is 5.75 Å². The maximum absolute atomic E-state index is 11.1. The molecule has 0 aliphatic carbocycles. The molecule has 140 valence electrons. The van der Waals surface area contributed by atoms with Crippen LogP contribution in [0.4, 0.5) is 0 Å². The molecule has 28 heavy (non-hydrogen) atoms. The number of hydrogen-bond acceptors (Lipinski definition) is 4. The van der Waals surface area contributed by atoms with Crippen LogP contribution in [-0.4, -0.2) is 11.1 Å². The molecule has 0 radical (unpaired) electrons. The molecule has 5 heteroatoms. The summed E-state index contributed by atoms with van der Waals surface area (Å²) in [6, 6.07) is 22.9. The Morgan fingerprint density at radius 2 is 1.68 bits per heavy atom. The van der Waals surface area contributed by atoms with Crippen LogP contribution >= 0.6 is 0 Å². The zero-order chi connectivity index (χ0) is 19.9. The molecule has 0 atom stereocenters. The van der Waals surface area contributed by atoms with E-state index in [0.29, 0.717) is 30.0 Å². The lowest BCUT2D eigenvalue weighted by molar-refractivity contribution is -0.136. The summed E-state index contributed by atoms with van der Waals surface area (Å²) in [6.45, 7) is 0.782. The molecule has 5 nitrogen and oxygen atoms in total. The zero-order valence-electron chi connectivity index (χ0n) is 15.3. The van der Waals surface area contributed by atoms with Gasteiger partial charge in [-0.1, -0.05) is 36.4 Å². The predicted octanol–water partition coefficient (Wildman–Crippen LogP) is 3.89. The van der Waals surface area contributed by atoms with Crippen molar-refractivity contribution in [2.24, 2.45) is 5.73 Å². The first-order valence-corrected chi connectivity index (χ1v) is 8.85. The maximum Gasteiger partial charge on any atom is 0.307 e. The van der Waals surface area contributed by atoms with E-state index in [4.69, 9.17) is 20.8 Å². The van der Waals surface area contributed by atoms with Gasteiger partial charge >= 0.3 is 5.97 Å². The van der Waals surface area contributed by atoms with E-state index in [-0.39, 0.29) is 6.42 Å². The van der Waals surface area contributed by atoms with Gasteiger partial charge in [0, 0.05) is 12.1 Å². The Morgan fingerprint density at radius 3 is 2.32 bits per heavy atom. The molecule has 0 amide bonds. The first kappa shape index (κ1) is 19.2.